The third-order valence-electron chi connectivity index (χ3n) is 4.69. The zero-order valence-corrected chi connectivity index (χ0v) is 12.4. The van der Waals surface area contributed by atoms with Crippen LogP contribution < -0.4 is 5.32 Å². The first kappa shape index (κ1) is 13.4. The first-order valence-corrected chi connectivity index (χ1v) is 8.04. The highest BCUT2D eigenvalue weighted by Crippen LogP contribution is 2.46. The molecule has 3 fully saturated rings. The van der Waals surface area contributed by atoms with E-state index >= 15 is 0 Å². The molecule has 2 aliphatic carbocycles. The second kappa shape index (κ2) is 4.77. The summed E-state index contributed by atoms with van der Waals surface area (Å²) in [5.41, 5.74) is 0. The summed E-state index contributed by atoms with van der Waals surface area (Å²) in [6.07, 6.45) is 5.19. The van der Waals surface area contributed by atoms with Crippen LogP contribution in [0.5, 0.6) is 0 Å². The smallest absolute Gasteiger partial charge is 0.242 e. The molecule has 0 aromatic carbocycles. The van der Waals surface area contributed by atoms with Crippen molar-refractivity contribution in [1.29, 1.82) is 0 Å². The molecule has 1 amide bonds. The molecule has 1 saturated heterocycles. The standard InChI is InChI=1S/C14H22N2O2S/c1-8(17)7-14(2)12(18)16-13(19-14)15-11-6-9-3-4-10(11)5-9/h8-11,17H,3-7H2,1-2H3,(H,15,16,18)/t8?,9-,10+,11+,14?/m1/s1. The summed E-state index contributed by atoms with van der Waals surface area (Å²) < 4.78 is -0.565. The lowest BCUT2D eigenvalue weighted by molar-refractivity contribution is -0.121. The Morgan fingerprint density at radius 1 is 1.53 bits per heavy atom. The molecule has 5 heteroatoms. The van der Waals surface area contributed by atoms with Gasteiger partial charge in [0.15, 0.2) is 5.17 Å². The number of rotatable bonds is 3. The Hall–Kier alpha value is -0.550. The van der Waals surface area contributed by atoms with Crippen molar-refractivity contribution >= 4 is 22.8 Å². The summed E-state index contributed by atoms with van der Waals surface area (Å²) in [6, 6.07) is 0.412. The van der Waals surface area contributed by atoms with E-state index in [1.165, 1.54) is 37.4 Å². The van der Waals surface area contributed by atoms with Gasteiger partial charge < -0.3 is 10.4 Å². The Bertz CT molecular complexity index is 424. The van der Waals surface area contributed by atoms with Gasteiger partial charge in [-0.1, -0.05) is 18.2 Å². The van der Waals surface area contributed by atoms with Crippen LogP contribution >= 0.6 is 11.8 Å². The number of hydrogen-bond donors (Lipinski definition) is 2. The second-order valence-corrected chi connectivity index (χ2v) is 8.01. The number of aliphatic hydroxyl groups excluding tert-OH is 1. The number of amides is 1. The van der Waals surface area contributed by atoms with Crippen molar-refractivity contribution in [2.45, 2.75) is 62.8 Å². The molecule has 4 nitrogen and oxygen atoms in total. The van der Waals surface area contributed by atoms with Crippen LogP contribution in [0.2, 0.25) is 0 Å². The Morgan fingerprint density at radius 3 is 2.89 bits per heavy atom. The molecule has 0 radical (unpaired) electrons. The zero-order valence-electron chi connectivity index (χ0n) is 11.6. The highest BCUT2D eigenvalue weighted by atomic mass is 32.2. The van der Waals surface area contributed by atoms with E-state index in [2.05, 4.69) is 5.32 Å². The Balaban J connectivity index is 1.69. The molecular weight excluding hydrogens is 260 g/mol. The molecule has 1 aliphatic heterocycles. The van der Waals surface area contributed by atoms with E-state index in [0.717, 1.165) is 17.0 Å². The highest BCUT2D eigenvalue weighted by Gasteiger charge is 2.45. The van der Waals surface area contributed by atoms with Crippen LogP contribution in [0.4, 0.5) is 0 Å². The number of nitrogens with one attached hydrogen (secondary N) is 1. The van der Waals surface area contributed by atoms with Gasteiger partial charge in [-0.3, -0.25) is 9.79 Å². The van der Waals surface area contributed by atoms with Crippen molar-refractivity contribution in [3.05, 3.63) is 0 Å². The Labute approximate surface area is 118 Å². The van der Waals surface area contributed by atoms with Gasteiger partial charge in [-0.05, 0) is 51.4 Å². The van der Waals surface area contributed by atoms with E-state index in [1.807, 2.05) is 6.92 Å². The molecular formula is C14H22N2O2S. The molecule has 2 bridgehead atoms. The first-order valence-electron chi connectivity index (χ1n) is 7.22. The van der Waals surface area contributed by atoms with Gasteiger partial charge in [-0.2, -0.15) is 0 Å². The van der Waals surface area contributed by atoms with Crippen molar-refractivity contribution in [3.8, 4) is 0 Å². The fourth-order valence-corrected chi connectivity index (χ4v) is 5.02. The largest absolute Gasteiger partial charge is 0.393 e. The van der Waals surface area contributed by atoms with Crippen LogP contribution in [-0.2, 0) is 4.79 Å². The van der Waals surface area contributed by atoms with Gasteiger partial charge in [0.25, 0.3) is 0 Å². The second-order valence-electron chi connectivity index (χ2n) is 6.52. The maximum absolute atomic E-state index is 12.1. The van der Waals surface area contributed by atoms with E-state index in [1.54, 1.807) is 6.92 Å². The lowest BCUT2D eigenvalue weighted by atomic mass is 9.96. The monoisotopic (exact) mass is 282 g/mol. The van der Waals surface area contributed by atoms with Crippen molar-refractivity contribution in [1.82, 2.24) is 5.32 Å². The SMILES string of the molecule is CC(O)CC1(C)SC(=N[C@H]2C[C@@H]3CC[C@H]2C3)NC1=O. The van der Waals surface area contributed by atoms with Crippen molar-refractivity contribution in [2.75, 3.05) is 0 Å². The fourth-order valence-electron chi connectivity index (χ4n) is 3.79. The molecule has 5 atom stereocenters. The Kier molecular flexibility index (Phi) is 3.38. The third kappa shape index (κ3) is 2.55. The summed E-state index contributed by atoms with van der Waals surface area (Å²) in [5, 5.41) is 13.2. The number of aliphatic imine (C=N–C) groups is 1. The molecule has 3 aliphatic rings. The quantitative estimate of drug-likeness (QED) is 0.831. The van der Waals surface area contributed by atoms with E-state index in [0.29, 0.717) is 12.5 Å². The highest BCUT2D eigenvalue weighted by molar-refractivity contribution is 8.16. The minimum atomic E-state index is -0.565. The number of amidine groups is 1. The number of carbonyl (C=O) groups is 1. The van der Waals surface area contributed by atoms with Crippen LogP contribution in [0.15, 0.2) is 4.99 Å². The van der Waals surface area contributed by atoms with Gasteiger partial charge >= 0.3 is 0 Å². The van der Waals surface area contributed by atoms with E-state index < -0.39 is 10.9 Å². The number of hydrogen-bond acceptors (Lipinski definition) is 4. The summed E-state index contributed by atoms with van der Waals surface area (Å²) in [6.45, 7) is 3.62. The molecule has 2 N–H and O–H groups in total. The van der Waals surface area contributed by atoms with Crippen LogP contribution in [0.3, 0.4) is 0 Å². The van der Waals surface area contributed by atoms with Crippen LogP contribution in [0, 0.1) is 11.8 Å². The zero-order chi connectivity index (χ0) is 13.6. The van der Waals surface area contributed by atoms with Crippen molar-refractivity contribution < 1.29 is 9.90 Å². The minimum absolute atomic E-state index is 0.0136. The average molecular weight is 282 g/mol. The molecule has 2 saturated carbocycles. The van der Waals surface area contributed by atoms with Crippen LogP contribution in [0.25, 0.3) is 0 Å². The number of carbonyl (C=O) groups excluding carboxylic acids is 1. The van der Waals surface area contributed by atoms with Crippen LogP contribution in [-0.4, -0.2) is 33.1 Å². The van der Waals surface area contributed by atoms with E-state index in [-0.39, 0.29) is 5.91 Å². The number of aliphatic hydroxyl groups is 1. The lowest BCUT2D eigenvalue weighted by Crippen LogP contribution is -2.36. The molecule has 0 aromatic rings. The minimum Gasteiger partial charge on any atom is -0.393 e. The number of thioether (sulfide) groups is 1. The maximum Gasteiger partial charge on any atom is 0.242 e. The molecule has 3 rings (SSSR count). The summed E-state index contributed by atoms with van der Waals surface area (Å²) in [4.78, 5) is 16.8. The Morgan fingerprint density at radius 2 is 2.32 bits per heavy atom. The summed E-state index contributed by atoms with van der Waals surface area (Å²) in [5.74, 6) is 1.59. The topological polar surface area (TPSA) is 61.7 Å². The molecule has 19 heavy (non-hydrogen) atoms. The number of nitrogens with zero attached hydrogens (tertiary/aromatic N) is 1. The van der Waals surface area contributed by atoms with Gasteiger partial charge in [0.1, 0.15) is 4.75 Å². The van der Waals surface area contributed by atoms with Gasteiger partial charge in [0.2, 0.25) is 5.91 Å². The first-order chi connectivity index (χ1) is 8.96. The van der Waals surface area contributed by atoms with Gasteiger partial charge in [-0.15, -0.1) is 0 Å². The maximum atomic E-state index is 12.1. The molecule has 2 unspecified atom stereocenters. The molecule has 0 spiro atoms. The van der Waals surface area contributed by atoms with Gasteiger partial charge in [0, 0.05) is 0 Å². The molecule has 106 valence electrons. The normalized spacial score (nSPS) is 44.9. The predicted octanol–water partition coefficient (Wildman–Crippen LogP) is 1.92. The molecule has 1 heterocycles. The predicted molar refractivity (Wildman–Crippen MR) is 77.1 cm³/mol. The van der Waals surface area contributed by atoms with E-state index in [9.17, 15) is 9.90 Å². The number of fused-ring (bicyclic) bond motifs is 2. The summed E-state index contributed by atoms with van der Waals surface area (Å²) >= 11 is 1.49. The summed E-state index contributed by atoms with van der Waals surface area (Å²) in [7, 11) is 0. The van der Waals surface area contributed by atoms with E-state index in [4.69, 9.17) is 4.99 Å². The van der Waals surface area contributed by atoms with Gasteiger partial charge in [0.05, 0.1) is 12.1 Å². The third-order valence-corrected chi connectivity index (χ3v) is 5.89. The average Bonchev–Trinajstić information content (AvgIpc) is 2.94. The van der Waals surface area contributed by atoms with Crippen molar-refractivity contribution in [2.24, 2.45) is 16.8 Å². The van der Waals surface area contributed by atoms with Crippen LogP contribution in [0.1, 0.15) is 46.0 Å². The van der Waals surface area contributed by atoms with Crippen molar-refractivity contribution in [3.63, 3.8) is 0 Å². The lowest BCUT2D eigenvalue weighted by Gasteiger charge is -2.20. The van der Waals surface area contributed by atoms with Gasteiger partial charge in [-0.25, -0.2) is 0 Å². The molecule has 0 aromatic heterocycles. The fraction of sp³-hybridized carbons (Fsp3) is 0.857.